The number of aliphatic hydroxyl groups is 1. The molecule has 6 nitrogen and oxygen atoms in total. The fraction of sp³-hybridized carbons (Fsp3) is 0.560. The third kappa shape index (κ3) is 7.50. The standard InChI is InChI=1S/C25H35FN2O4S/c1-3-6-20(29)16-27(11-5-13-31-2)17-25(30)28-12-9-24-22(10-14-33-24)23(28)18-32-21-8-4-7-19(26)15-21/h4,7-8,10,14-15,20,23,29H,3,5-6,9,11-13,16-18H2,1-2H3/t20-,23-/m0/s1. The molecule has 1 N–H and O–H groups in total. The molecule has 0 aliphatic carbocycles. The number of methoxy groups -OCH3 is 1. The monoisotopic (exact) mass is 478 g/mol. The number of thiophene rings is 1. The van der Waals surface area contributed by atoms with E-state index in [1.165, 1.54) is 17.0 Å². The predicted molar refractivity (Wildman–Crippen MR) is 128 cm³/mol. The van der Waals surface area contributed by atoms with Crippen LogP contribution in [0.4, 0.5) is 4.39 Å². The number of aliphatic hydroxyl groups excluding tert-OH is 1. The van der Waals surface area contributed by atoms with Gasteiger partial charge in [-0.1, -0.05) is 19.4 Å². The number of rotatable bonds is 13. The van der Waals surface area contributed by atoms with Gasteiger partial charge in [0.15, 0.2) is 0 Å². The normalized spacial score (nSPS) is 16.6. The van der Waals surface area contributed by atoms with Crippen LogP contribution in [0.3, 0.4) is 0 Å². The minimum atomic E-state index is -0.456. The van der Waals surface area contributed by atoms with Gasteiger partial charge in [-0.3, -0.25) is 9.69 Å². The van der Waals surface area contributed by atoms with E-state index in [9.17, 15) is 14.3 Å². The van der Waals surface area contributed by atoms with E-state index in [0.29, 0.717) is 38.4 Å². The lowest BCUT2D eigenvalue weighted by atomic mass is 10.0. The summed E-state index contributed by atoms with van der Waals surface area (Å²) in [4.78, 5) is 18.6. The van der Waals surface area contributed by atoms with Gasteiger partial charge in [-0.2, -0.15) is 0 Å². The maximum Gasteiger partial charge on any atom is 0.237 e. The van der Waals surface area contributed by atoms with Crippen LogP contribution < -0.4 is 4.74 Å². The highest BCUT2D eigenvalue weighted by molar-refractivity contribution is 7.10. The van der Waals surface area contributed by atoms with Crippen LogP contribution in [0.25, 0.3) is 0 Å². The Balaban J connectivity index is 1.70. The molecule has 1 amide bonds. The van der Waals surface area contributed by atoms with Crippen LogP contribution in [0.2, 0.25) is 0 Å². The van der Waals surface area contributed by atoms with Crippen molar-refractivity contribution in [3.63, 3.8) is 0 Å². The summed E-state index contributed by atoms with van der Waals surface area (Å²) in [5.41, 5.74) is 1.10. The van der Waals surface area contributed by atoms with Crippen molar-refractivity contribution in [2.45, 2.75) is 44.8 Å². The summed E-state index contributed by atoms with van der Waals surface area (Å²) in [7, 11) is 1.66. The third-order valence-corrected chi connectivity index (χ3v) is 6.89. The van der Waals surface area contributed by atoms with Crippen LogP contribution in [-0.4, -0.2) is 73.4 Å². The van der Waals surface area contributed by atoms with E-state index in [1.807, 2.05) is 22.1 Å². The van der Waals surface area contributed by atoms with Gasteiger partial charge < -0.3 is 19.5 Å². The number of halogens is 1. The minimum Gasteiger partial charge on any atom is -0.491 e. The van der Waals surface area contributed by atoms with Gasteiger partial charge in [-0.15, -0.1) is 11.3 Å². The molecule has 0 bridgehead atoms. The van der Waals surface area contributed by atoms with E-state index in [4.69, 9.17) is 9.47 Å². The Morgan fingerprint density at radius 1 is 1.39 bits per heavy atom. The van der Waals surface area contributed by atoms with Gasteiger partial charge in [-0.05, 0) is 48.4 Å². The Morgan fingerprint density at radius 3 is 3.00 bits per heavy atom. The molecule has 0 saturated heterocycles. The van der Waals surface area contributed by atoms with Gasteiger partial charge in [-0.25, -0.2) is 4.39 Å². The predicted octanol–water partition coefficient (Wildman–Crippen LogP) is 3.89. The number of hydrogen-bond acceptors (Lipinski definition) is 6. The zero-order valence-electron chi connectivity index (χ0n) is 19.5. The van der Waals surface area contributed by atoms with Crippen molar-refractivity contribution >= 4 is 17.2 Å². The molecule has 182 valence electrons. The average Bonchev–Trinajstić information content (AvgIpc) is 3.27. The number of carbonyl (C=O) groups is 1. The largest absolute Gasteiger partial charge is 0.491 e. The van der Waals surface area contributed by atoms with E-state index in [0.717, 1.165) is 24.8 Å². The summed E-state index contributed by atoms with van der Waals surface area (Å²) >= 11 is 1.70. The van der Waals surface area contributed by atoms with Crippen molar-refractivity contribution in [3.05, 3.63) is 52.0 Å². The lowest BCUT2D eigenvalue weighted by Crippen LogP contribution is -2.48. The lowest BCUT2D eigenvalue weighted by Gasteiger charge is -2.37. The van der Waals surface area contributed by atoms with Crippen LogP contribution >= 0.6 is 11.3 Å². The first-order valence-electron chi connectivity index (χ1n) is 11.6. The molecule has 0 fully saturated rings. The molecule has 1 aromatic carbocycles. The number of ether oxygens (including phenoxy) is 2. The number of hydrogen-bond donors (Lipinski definition) is 1. The van der Waals surface area contributed by atoms with Crippen LogP contribution in [0.5, 0.6) is 5.75 Å². The topological polar surface area (TPSA) is 62.2 Å². The molecule has 1 aliphatic heterocycles. The van der Waals surface area contributed by atoms with E-state index >= 15 is 0 Å². The first-order valence-corrected chi connectivity index (χ1v) is 12.5. The first kappa shape index (κ1) is 25.6. The Labute approximate surface area is 199 Å². The summed E-state index contributed by atoms with van der Waals surface area (Å²) in [6, 6.07) is 7.91. The summed E-state index contributed by atoms with van der Waals surface area (Å²) in [6.45, 7) is 4.92. The number of carbonyl (C=O) groups excluding carboxylic acids is 1. The molecular weight excluding hydrogens is 443 g/mol. The number of benzene rings is 1. The molecule has 1 aliphatic rings. The van der Waals surface area contributed by atoms with Gasteiger partial charge in [0.1, 0.15) is 18.2 Å². The van der Waals surface area contributed by atoms with Crippen molar-refractivity contribution in [1.82, 2.24) is 9.80 Å². The van der Waals surface area contributed by atoms with E-state index in [-0.39, 0.29) is 30.9 Å². The number of nitrogens with zero attached hydrogens (tertiary/aromatic N) is 2. The lowest BCUT2D eigenvalue weighted by molar-refractivity contribution is -0.136. The average molecular weight is 479 g/mol. The zero-order valence-corrected chi connectivity index (χ0v) is 20.4. The van der Waals surface area contributed by atoms with Crippen molar-refractivity contribution in [1.29, 1.82) is 0 Å². The Kier molecular flexibility index (Phi) is 10.1. The van der Waals surface area contributed by atoms with Crippen molar-refractivity contribution in [2.75, 3.05) is 46.5 Å². The second-order valence-electron chi connectivity index (χ2n) is 8.44. The molecule has 2 aromatic rings. The van der Waals surface area contributed by atoms with Crippen molar-refractivity contribution in [3.8, 4) is 5.75 Å². The van der Waals surface area contributed by atoms with E-state index < -0.39 is 6.10 Å². The number of fused-ring (bicyclic) bond motifs is 1. The molecule has 3 rings (SSSR count). The summed E-state index contributed by atoms with van der Waals surface area (Å²) in [6.07, 6.45) is 2.76. The van der Waals surface area contributed by atoms with Gasteiger partial charge in [0.2, 0.25) is 5.91 Å². The second kappa shape index (κ2) is 13.0. The SMILES string of the molecule is CCC[C@H](O)CN(CCCOC)CC(=O)N1CCc2sccc2[C@@H]1COc1cccc(F)c1. The Hall–Kier alpha value is -2.00. The molecule has 0 radical (unpaired) electrons. The summed E-state index contributed by atoms with van der Waals surface area (Å²) in [5.74, 6) is 0.118. The molecule has 0 saturated carbocycles. The van der Waals surface area contributed by atoms with Gasteiger partial charge in [0.05, 0.1) is 18.7 Å². The molecule has 2 atom stereocenters. The molecule has 8 heteroatoms. The van der Waals surface area contributed by atoms with Crippen LogP contribution in [-0.2, 0) is 16.0 Å². The Morgan fingerprint density at radius 2 is 2.24 bits per heavy atom. The maximum absolute atomic E-state index is 13.6. The fourth-order valence-electron chi connectivity index (χ4n) is 4.28. The van der Waals surface area contributed by atoms with Gasteiger partial charge in [0.25, 0.3) is 0 Å². The number of amides is 1. The maximum atomic E-state index is 13.6. The van der Waals surface area contributed by atoms with E-state index in [1.54, 1.807) is 30.6 Å². The quantitative estimate of drug-likeness (QED) is 0.443. The second-order valence-corrected chi connectivity index (χ2v) is 9.45. The molecule has 33 heavy (non-hydrogen) atoms. The summed E-state index contributed by atoms with van der Waals surface area (Å²) < 4.78 is 24.7. The van der Waals surface area contributed by atoms with Gasteiger partial charge in [0, 0.05) is 44.3 Å². The molecular formula is C25H35FN2O4S. The Bertz CT molecular complexity index is 878. The first-order chi connectivity index (χ1) is 16.0. The molecule has 2 heterocycles. The van der Waals surface area contributed by atoms with Crippen molar-refractivity contribution in [2.24, 2.45) is 0 Å². The van der Waals surface area contributed by atoms with Gasteiger partial charge >= 0.3 is 0 Å². The van der Waals surface area contributed by atoms with Crippen LogP contribution in [0.15, 0.2) is 35.7 Å². The molecule has 0 unspecified atom stereocenters. The molecule has 0 spiro atoms. The van der Waals surface area contributed by atoms with Crippen LogP contribution in [0, 0.1) is 5.82 Å². The zero-order chi connectivity index (χ0) is 23.6. The summed E-state index contributed by atoms with van der Waals surface area (Å²) in [5, 5.41) is 12.4. The highest BCUT2D eigenvalue weighted by Gasteiger charge is 2.33. The fourth-order valence-corrected chi connectivity index (χ4v) is 5.21. The smallest absolute Gasteiger partial charge is 0.237 e. The third-order valence-electron chi connectivity index (χ3n) is 5.89. The van der Waals surface area contributed by atoms with E-state index in [2.05, 4.69) is 6.07 Å². The van der Waals surface area contributed by atoms with Crippen molar-refractivity contribution < 1.29 is 23.8 Å². The minimum absolute atomic E-state index is 0.0146. The molecule has 1 aromatic heterocycles. The highest BCUT2D eigenvalue weighted by Crippen LogP contribution is 2.34. The highest BCUT2D eigenvalue weighted by atomic mass is 32.1. The van der Waals surface area contributed by atoms with Crippen LogP contribution in [0.1, 0.15) is 42.7 Å².